The van der Waals surface area contributed by atoms with Crippen molar-refractivity contribution in [2.45, 2.75) is 45.4 Å². The van der Waals surface area contributed by atoms with Gasteiger partial charge < -0.3 is 14.1 Å². The van der Waals surface area contributed by atoms with Crippen LogP contribution in [0.4, 0.5) is 0 Å². The van der Waals surface area contributed by atoms with Crippen LogP contribution < -0.4 is 0 Å². The van der Waals surface area contributed by atoms with E-state index in [1.54, 1.807) is 12.3 Å². The minimum atomic E-state index is 0.0778. The van der Waals surface area contributed by atoms with Gasteiger partial charge in [0.2, 0.25) is 0 Å². The molecular weight excluding hydrogens is 268 g/mol. The number of morpholine rings is 1. The second-order valence-electron chi connectivity index (χ2n) is 6.24. The Morgan fingerprint density at radius 3 is 2.86 bits per heavy atom. The van der Waals surface area contributed by atoms with E-state index in [0.29, 0.717) is 23.4 Å². The highest BCUT2D eigenvalue weighted by molar-refractivity contribution is 5.95. The molecule has 5 nitrogen and oxygen atoms in total. The molecule has 0 radical (unpaired) electrons. The van der Waals surface area contributed by atoms with Crippen LogP contribution in [0.25, 0.3) is 0 Å². The van der Waals surface area contributed by atoms with Gasteiger partial charge >= 0.3 is 0 Å². The van der Waals surface area contributed by atoms with Crippen molar-refractivity contribution in [3.05, 3.63) is 23.7 Å². The lowest BCUT2D eigenvalue weighted by atomic mass is 9.97. The van der Waals surface area contributed by atoms with Crippen LogP contribution in [0.3, 0.4) is 0 Å². The molecule has 2 fully saturated rings. The Morgan fingerprint density at radius 2 is 2.19 bits per heavy atom. The molecule has 0 unspecified atom stereocenters. The molecule has 0 aliphatic carbocycles. The zero-order chi connectivity index (χ0) is 15.0. The number of hydrogen-bond donors (Lipinski definition) is 0. The van der Waals surface area contributed by atoms with Crippen LogP contribution in [0.2, 0.25) is 0 Å². The van der Waals surface area contributed by atoms with Crippen LogP contribution in [-0.2, 0) is 4.74 Å². The second-order valence-corrected chi connectivity index (χ2v) is 6.24. The van der Waals surface area contributed by atoms with Gasteiger partial charge in [0.15, 0.2) is 0 Å². The first-order valence-corrected chi connectivity index (χ1v) is 7.78. The molecule has 0 saturated carbocycles. The third-order valence-corrected chi connectivity index (χ3v) is 4.67. The quantitative estimate of drug-likeness (QED) is 0.835. The van der Waals surface area contributed by atoms with Crippen LogP contribution in [0.15, 0.2) is 16.7 Å². The van der Waals surface area contributed by atoms with Gasteiger partial charge in [-0.3, -0.25) is 9.69 Å². The smallest absolute Gasteiger partial charge is 0.257 e. The van der Waals surface area contributed by atoms with Crippen LogP contribution in [-0.4, -0.2) is 60.1 Å². The van der Waals surface area contributed by atoms with Crippen LogP contribution in [0.5, 0.6) is 0 Å². The summed E-state index contributed by atoms with van der Waals surface area (Å²) < 4.78 is 11.2. The molecule has 1 aromatic rings. The zero-order valence-electron chi connectivity index (χ0n) is 13.0. The number of carbonyl (C=O) groups excluding carboxylic acids is 1. The Bertz CT molecular complexity index is 511. The lowest BCUT2D eigenvalue weighted by Gasteiger charge is -2.48. The molecule has 0 spiro atoms. The molecule has 2 aliphatic rings. The van der Waals surface area contributed by atoms with E-state index in [1.807, 2.05) is 11.8 Å². The number of piperidine rings is 1. The van der Waals surface area contributed by atoms with E-state index in [0.717, 1.165) is 32.7 Å². The van der Waals surface area contributed by atoms with Crippen molar-refractivity contribution in [3.8, 4) is 0 Å². The van der Waals surface area contributed by atoms with Crippen LogP contribution in [0.1, 0.15) is 36.4 Å². The lowest BCUT2D eigenvalue weighted by Crippen LogP contribution is -2.62. The maximum atomic E-state index is 12.6. The van der Waals surface area contributed by atoms with Crippen molar-refractivity contribution < 1.29 is 13.9 Å². The summed E-state index contributed by atoms with van der Waals surface area (Å²) in [5, 5.41) is 0. The number of rotatable bonds is 2. The summed E-state index contributed by atoms with van der Waals surface area (Å²) in [5.41, 5.74) is 0.682. The summed E-state index contributed by atoms with van der Waals surface area (Å²) in [7, 11) is 0. The normalized spacial score (nSPS) is 27.0. The van der Waals surface area contributed by atoms with Crippen LogP contribution in [0, 0.1) is 6.92 Å². The van der Waals surface area contributed by atoms with E-state index < -0.39 is 0 Å². The first-order valence-electron chi connectivity index (χ1n) is 7.78. The minimum absolute atomic E-state index is 0.0778. The first-order chi connectivity index (χ1) is 10.1. The van der Waals surface area contributed by atoms with E-state index in [2.05, 4.69) is 18.7 Å². The van der Waals surface area contributed by atoms with E-state index in [1.165, 1.54) is 0 Å². The van der Waals surface area contributed by atoms with Gasteiger partial charge in [-0.2, -0.15) is 0 Å². The summed E-state index contributed by atoms with van der Waals surface area (Å²) >= 11 is 0. The average molecular weight is 292 g/mol. The zero-order valence-corrected chi connectivity index (χ0v) is 13.0. The number of nitrogens with zero attached hydrogens (tertiary/aromatic N) is 2. The Hall–Kier alpha value is -1.33. The highest BCUT2D eigenvalue weighted by atomic mass is 16.5. The van der Waals surface area contributed by atoms with E-state index >= 15 is 0 Å². The van der Waals surface area contributed by atoms with Crippen molar-refractivity contribution in [2.75, 3.05) is 26.2 Å². The van der Waals surface area contributed by atoms with E-state index in [4.69, 9.17) is 9.15 Å². The predicted molar refractivity (Wildman–Crippen MR) is 79.3 cm³/mol. The monoisotopic (exact) mass is 292 g/mol. The van der Waals surface area contributed by atoms with Crippen LogP contribution >= 0.6 is 0 Å². The Kier molecular flexibility index (Phi) is 4.04. The Balaban J connectivity index is 1.75. The van der Waals surface area contributed by atoms with Gasteiger partial charge in [0.1, 0.15) is 5.76 Å². The topological polar surface area (TPSA) is 45.9 Å². The fourth-order valence-corrected chi connectivity index (χ4v) is 3.50. The van der Waals surface area contributed by atoms with Gasteiger partial charge in [-0.05, 0) is 33.3 Å². The van der Waals surface area contributed by atoms with Gasteiger partial charge in [-0.25, -0.2) is 0 Å². The van der Waals surface area contributed by atoms with Crippen molar-refractivity contribution in [2.24, 2.45) is 0 Å². The molecule has 2 atom stereocenters. The summed E-state index contributed by atoms with van der Waals surface area (Å²) in [6.45, 7) is 9.51. The number of hydrogen-bond acceptors (Lipinski definition) is 4. The standard InChI is InChI=1S/C16H24N2O3/c1-11(2)18-7-9-21-15-4-6-17(10-14(15)18)16(19)13-5-8-20-12(13)3/h5,8,11,14-15H,4,6-7,9-10H2,1-3H3/t14-,15-/m0/s1. The number of fused-ring (bicyclic) bond motifs is 1. The third-order valence-electron chi connectivity index (χ3n) is 4.67. The molecule has 21 heavy (non-hydrogen) atoms. The summed E-state index contributed by atoms with van der Waals surface area (Å²) in [5.74, 6) is 0.775. The SMILES string of the molecule is Cc1occc1C(=O)N1CC[C@@H]2OCCN(C(C)C)[C@H]2C1. The molecular formula is C16H24N2O3. The number of likely N-dealkylation sites (tertiary alicyclic amines) is 1. The number of aryl methyl sites for hydroxylation is 1. The number of carbonyl (C=O) groups is 1. The Morgan fingerprint density at radius 1 is 1.38 bits per heavy atom. The third kappa shape index (κ3) is 2.72. The molecule has 0 aromatic carbocycles. The van der Waals surface area contributed by atoms with Gasteiger partial charge in [-0.15, -0.1) is 0 Å². The Labute approximate surface area is 125 Å². The number of ether oxygens (including phenoxy) is 1. The fraction of sp³-hybridized carbons (Fsp3) is 0.688. The molecule has 3 heterocycles. The molecule has 2 aliphatic heterocycles. The average Bonchev–Trinajstić information content (AvgIpc) is 2.91. The largest absolute Gasteiger partial charge is 0.469 e. The maximum Gasteiger partial charge on any atom is 0.257 e. The fourth-order valence-electron chi connectivity index (χ4n) is 3.50. The summed E-state index contributed by atoms with van der Waals surface area (Å²) in [4.78, 5) is 17.1. The lowest BCUT2D eigenvalue weighted by molar-refractivity contribution is -0.107. The minimum Gasteiger partial charge on any atom is -0.469 e. The molecule has 2 saturated heterocycles. The number of furan rings is 1. The molecule has 5 heteroatoms. The first kappa shape index (κ1) is 14.6. The highest BCUT2D eigenvalue weighted by Crippen LogP contribution is 2.26. The second kappa shape index (κ2) is 5.81. The molecule has 0 N–H and O–H groups in total. The molecule has 1 amide bonds. The van der Waals surface area contributed by atoms with Gasteiger partial charge in [0.05, 0.1) is 30.6 Å². The van der Waals surface area contributed by atoms with Crippen molar-refractivity contribution in [3.63, 3.8) is 0 Å². The van der Waals surface area contributed by atoms with Gasteiger partial charge in [-0.1, -0.05) is 0 Å². The molecule has 3 rings (SSSR count). The van der Waals surface area contributed by atoms with E-state index in [9.17, 15) is 4.79 Å². The molecule has 0 bridgehead atoms. The van der Waals surface area contributed by atoms with Gasteiger partial charge in [0, 0.05) is 25.7 Å². The van der Waals surface area contributed by atoms with Crippen molar-refractivity contribution in [1.82, 2.24) is 9.80 Å². The molecule has 1 aromatic heterocycles. The molecule has 116 valence electrons. The van der Waals surface area contributed by atoms with Gasteiger partial charge in [0.25, 0.3) is 5.91 Å². The maximum absolute atomic E-state index is 12.6. The predicted octanol–water partition coefficient (Wildman–Crippen LogP) is 1.91. The summed E-state index contributed by atoms with van der Waals surface area (Å²) in [6, 6.07) is 2.55. The summed E-state index contributed by atoms with van der Waals surface area (Å²) in [6.07, 6.45) is 2.76. The highest BCUT2D eigenvalue weighted by Gasteiger charge is 2.39. The van der Waals surface area contributed by atoms with E-state index in [-0.39, 0.29) is 12.0 Å². The van der Waals surface area contributed by atoms with Crippen molar-refractivity contribution in [1.29, 1.82) is 0 Å². The number of amides is 1. The van der Waals surface area contributed by atoms with Crippen molar-refractivity contribution >= 4 is 5.91 Å².